The molecule has 0 radical (unpaired) electrons. The molecule has 0 aromatic carbocycles. The SMILES string of the molecule is CCc1ccc(CC(=O)CCNC(C)C)s1. The van der Waals surface area contributed by atoms with Crippen molar-refractivity contribution in [1.29, 1.82) is 0 Å². The fourth-order valence-electron chi connectivity index (χ4n) is 1.49. The van der Waals surface area contributed by atoms with Gasteiger partial charge in [0.05, 0.1) is 0 Å². The molecule has 0 bridgehead atoms. The van der Waals surface area contributed by atoms with Gasteiger partial charge in [-0.25, -0.2) is 0 Å². The zero-order valence-electron chi connectivity index (χ0n) is 10.4. The molecule has 0 spiro atoms. The molecule has 16 heavy (non-hydrogen) atoms. The second-order valence-electron chi connectivity index (χ2n) is 4.30. The topological polar surface area (TPSA) is 29.1 Å². The van der Waals surface area contributed by atoms with E-state index in [4.69, 9.17) is 0 Å². The monoisotopic (exact) mass is 239 g/mol. The number of thiophene rings is 1. The smallest absolute Gasteiger partial charge is 0.139 e. The number of aryl methyl sites for hydroxylation is 1. The third-order valence-corrected chi connectivity index (χ3v) is 3.62. The summed E-state index contributed by atoms with van der Waals surface area (Å²) in [7, 11) is 0. The summed E-state index contributed by atoms with van der Waals surface area (Å²) in [5.41, 5.74) is 0. The highest BCUT2D eigenvalue weighted by molar-refractivity contribution is 7.12. The minimum atomic E-state index is 0.331. The van der Waals surface area contributed by atoms with E-state index >= 15 is 0 Å². The number of hydrogen-bond donors (Lipinski definition) is 1. The summed E-state index contributed by atoms with van der Waals surface area (Å²) in [6, 6.07) is 4.66. The molecule has 0 aliphatic carbocycles. The average molecular weight is 239 g/mol. The summed E-state index contributed by atoms with van der Waals surface area (Å²) in [6.45, 7) is 7.13. The van der Waals surface area contributed by atoms with Gasteiger partial charge >= 0.3 is 0 Å². The number of rotatable bonds is 7. The van der Waals surface area contributed by atoms with Gasteiger partial charge in [-0.1, -0.05) is 20.8 Å². The lowest BCUT2D eigenvalue weighted by molar-refractivity contribution is -0.118. The molecule has 0 fully saturated rings. The van der Waals surface area contributed by atoms with Gasteiger partial charge in [0.25, 0.3) is 0 Å². The van der Waals surface area contributed by atoms with Crippen LogP contribution in [0.25, 0.3) is 0 Å². The van der Waals surface area contributed by atoms with E-state index in [1.54, 1.807) is 11.3 Å². The van der Waals surface area contributed by atoms with Crippen molar-refractivity contribution in [2.75, 3.05) is 6.54 Å². The summed E-state index contributed by atoms with van der Waals surface area (Å²) >= 11 is 1.76. The van der Waals surface area contributed by atoms with Crippen molar-refractivity contribution in [2.45, 2.75) is 46.1 Å². The molecule has 0 saturated carbocycles. The van der Waals surface area contributed by atoms with E-state index in [2.05, 4.69) is 38.2 Å². The first kappa shape index (κ1) is 13.4. The second kappa shape index (κ2) is 6.81. The van der Waals surface area contributed by atoms with Gasteiger partial charge in [0.2, 0.25) is 0 Å². The third kappa shape index (κ3) is 4.90. The van der Waals surface area contributed by atoms with E-state index in [-0.39, 0.29) is 0 Å². The van der Waals surface area contributed by atoms with Crippen molar-refractivity contribution in [3.8, 4) is 0 Å². The fraction of sp³-hybridized carbons (Fsp3) is 0.615. The minimum Gasteiger partial charge on any atom is -0.314 e. The average Bonchev–Trinajstić information content (AvgIpc) is 2.65. The first-order valence-electron chi connectivity index (χ1n) is 5.94. The normalized spacial score (nSPS) is 11.0. The summed E-state index contributed by atoms with van der Waals surface area (Å²) < 4.78 is 0. The molecule has 1 aromatic heterocycles. The minimum absolute atomic E-state index is 0.331. The Bertz CT molecular complexity index is 330. The molecule has 0 amide bonds. The number of carbonyl (C=O) groups excluding carboxylic acids is 1. The van der Waals surface area contributed by atoms with Gasteiger partial charge in [-0.3, -0.25) is 4.79 Å². The lowest BCUT2D eigenvalue weighted by Gasteiger charge is -2.06. The highest BCUT2D eigenvalue weighted by Crippen LogP contribution is 2.17. The van der Waals surface area contributed by atoms with Crippen LogP contribution in [0, 0.1) is 0 Å². The molecule has 0 unspecified atom stereocenters. The largest absolute Gasteiger partial charge is 0.314 e. The Morgan fingerprint density at radius 1 is 1.38 bits per heavy atom. The molecule has 1 N–H and O–H groups in total. The Morgan fingerprint density at radius 3 is 2.62 bits per heavy atom. The van der Waals surface area contributed by atoms with Crippen molar-refractivity contribution >= 4 is 17.1 Å². The van der Waals surface area contributed by atoms with Crippen LogP contribution in [-0.2, 0) is 17.6 Å². The van der Waals surface area contributed by atoms with Crippen LogP contribution in [0.3, 0.4) is 0 Å². The lowest BCUT2D eigenvalue weighted by atomic mass is 10.2. The number of Topliss-reactive ketones (excluding diaryl/α,β-unsaturated/α-hetero) is 1. The van der Waals surface area contributed by atoms with Crippen molar-refractivity contribution in [3.63, 3.8) is 0 Å². The van der Waals surface area contributed by atoms with Gasteiger partial charge in [-0.15, -0.1) is 11.3 Å². The van der Waals surface area contributed by atoms with Crippen molar-refractivity contribution < 1.29 is 4.79 Å². The fourth-order valence-corrected chi connectivity index (χ4v) is 2.48. The van der Waals surface area contributed by atoms with Crippen molar-refractivity contribution in [1.82, 2.24) is 5.32 Å². The molecular formula is C13H21NOS. The maximum atomic E-state index is 11.7. The molecule has 1 aromatic rings. The molecular weight excluding hydrogens is 218 g/mol. The van der Waals surface area contributed by atoms with Crippen molar-refractivity contribution in [3.05, 3.63) is 21.9 Å². The van der Waals surface area contributed by atoms with Crippen LogP contribution in [0.2, 0.25) is 0 Å². The summed E-state index contributed by atoms with van der Waals surface area (Å²) in [5, 5.41) is 3.26. The number of carbonyl (C=O) groups is 1. The van der Waals surface area contributed by atoms with Gasteiger partial charge in [0, 0.05) is 35.2 Å². The highest BCUT2D eigenvalue weighted by atomic mass is 32.1. The Hall–Kier alpha value is -0.670. The Labute approximate surface area is 102 Å². The molecule has 0 saturated heterocycles. The van der Waals surface area contributed by atoms with Crippen LogP contribution >= 0.6 is 11.3 Å². The van der Waals surface area contributed by atoms with Crippen molar-refractivity contribution in [2.24, 2.45) is 0 Å². The summed E-state index contributed by atoms with van der Waals surface area (Å²) in [6.07, 6.45) is 2.30. The molecule has 2 nitrogen and oxygen atoms in total. The summed E-state index contributed by atoms with van der Waals surface area (Å²) in [5.74, 6) is 0.331. The second-order valence-corrected chi connectivity index (χ2v) is 5.55. The van der Waals surface area contributed by atoms with E-state index in [1.165, 1.54) is 9.75 Å². The zero-order valence-corrected chi connectivity index (χ0v) is 11.2. The first-order valence-corrected chi connectivity index (χ1v) is 6.76. The number of nitrogens with one attached hydrogen (secondary N) is 1. The Balaban J connectivity index is 2.28. The molecule has 0 atom stereocenters. The quantitative estimate of drug-likeness (QED) is 0.792. The van der Waals surface area contributed by atoms with Crippen LogP contribution in [0.5, 0.6) is 0 Å². The Kier molecular flexibility index (Phi) is 5.71. The Morgan fingerprint density at radius 2 is 2.06 bits per heavy atom. The van der Waals surface area contributed by atoms with E-state index in [9.17, 15) is 4.79 Å². The predicted octanol–water partition coefficient (Wildman–Crippen LogP) is 2.81. The molecule has 0 aliphatic rings. The summed E-state index contributed by atoms with van der Waals surface area (Å²) in [4.78, 5) is 14.2. The van der Waals surface area contributed by atoms with Crippen LogP contribution in [0.4, 0.5) is 0 Å². The van der Waals surface area contributed by atoms with Crippen LogP contribution in [-0.4, -0.2) is 18.4 Å². The molecule has 3 heteroatoms. The van der Waals surface area contributed by atoms with Gasteiger partial charge in [0.1, 0.15) is 5.78 Å². The standard InChI is InChI=1S/C13H21NOS/c1-4-12-5-6-13(16-12)9-11(15)7-8-14-10(2)3/h5-6,10,14H,4,7-9H2,1-3H3. The number of hydrogen-bond acceptors (Lipinski definition) is 3. The maximum absolute atomic E-state index is 11.7. The molecule has 1 heterocycles. The maximum Gasteiger partial charge on any atom is 0.139 e. The van der Waals surface area contributed by atoms with Gasteiger partial charge in [-0.2, -0.15) is 0 Å². The van der Waals surface area contributed by atoms with E-state index < -0.39 is 0 Å². The number of ketones is 1. The van der Waals surface area contributed by atoms with Gasteiger partial charge in [0.15, 0.2) is 0 Å². The third-order valence-electron chi connectivity index (χ3n) is 2.39. The first-order chi connectivity index (χ1) is 7.61. The van der Waals surface area contributed by atoms with Crippen LogP contribution in [0.1, 0.15) is 36.9 Å². The predicted molar refractivity (Wildman–Crippen MR) is 70.2 cm³/mol. The van der Waals surface area contributed by atoms with Crippen LogP contribution < -0.4 is 5.32 Å². The molecule has 0 aliphatic heterocycles. The van der Waals surface area contributed by atoms with Gasteiger partial charge in [-0.05, 0) is 18.6 Å². The highest BCUT2D eigenvalue weighted by Gasteiger charge is 2.06. The van der Waals surface area contributed by atoms with Gasteiger partial charge < -0.3 is 5.32 Å². The van der Waals surface area contributed by atoms with E-state index in [1.807, 2.05) is 0 Å². The van der Waals surface area contributed by atoms with Crippen LogP contribution in [0.15, 0.2) is 12.1 Å². The van der Waals surface area contributed by atoms with E-state index in [0.717, 1.165) is 13.0 Å². The lowest BCUT2D eigenvalue weighted by Crippen LogP contribution is -2.25. The molecule has 1 rings (SSSR count). The molecule has 90 valence electrons. The zero-order chi connectivity index (χ0) is 12.0. The van der Waals surface area contributed by atoms with E-state index in [0.29, 0.717) is 24.7 Å².